The third-order valence-electron chi connectivity index (χ3n) is 10.3. The Hall–Kier alpha value is -2.82. The molecule has 0 aliphatic heterocycles. The Kier molecular flexibility index (Phi) is 13.6. The number of rotatable bonds is 15. The maximum Gasteiger partial charge on any atom is 0.332 e. The van der Waals surface area contributed by atoms with E-state index in [0.29, 0.717) is 35.4 Å². The van der Waals surface area contributed by atoms with E-state index < -0.39 is 0 Å². The Morgan fingerprint density at radius 2 is 0.870 bits per heavy atom. The zero-order valence-electron chi connectivity index (χ0n) is 28.5. The minimum Gasteiger partial charge on any atom is -1.00 e. The van der Waals surface area contributed by atoms with Crippen LogP contribution in [0.4, 0.5) is 0 Å². The van der Waals surface area contributed by atoms with E-state index in [0.717, 1.165) is 83.3 Å². The van der Waals surface area contributed by atoms with Crippen molar-refractivity contribution in [1.29, 1.82) is 0 Å². The van der Waals surface area contributed by atoms with Gasteiger partial charge in [0, 0.05) is 41.0 Å². The first-order valence-corrected chi connectivity index (χ1v) is 15.8. The van der Waals surface area contributed by atoms with Crippen molar-refractivity contribution in [2.75, 3.05) is 52.4 Å². The van der Waals surface area contributed by atoms with E-state index in [1.165, 1.54) is 23.2 Å². The molecule has 4 aromatic heterocycles. The fourth-order valence-electron chi connectivity index (χ4n) is 6.60. The van der Waals surface area contributed by atoms with Crippen LogP contribution in [0.5, 0.6) is 0 Å². The lowest BCUT2D eigenvalue weighted by atomic mass is 10.2. The van der Waals surface area contributed by atoms with Crippen LogP contribution in [0.25, 0.3) is 22.3 Å². The molecule has 0 fully saturated rings. The number of hydrogen-bond acceptors (Lipinski definition) is 6. The van der Waals surface area contributed by atoms with Crippen molar-refractivity contribution < 1.29 is 42.9 Å². The normalized spacial score (nSPS) is 12.1. The zero-order valence-corrected chi connectivity index (χ0v) is 31.7. The van der Waals surface area contributed by atoms with Crippen LogP contribution in [-0.2, 0) is 41.3 Å². The first-order chi connectivity index (χ1) is 20.9. The van der Waals surface area contributed by atoms with E-state index in [1.54, 1.807) is 26.7 Å². The summed E-state index contributed by atoms with van der Waals surface area (Å²) in [5, 5.41) is 0. The van der Waals surface area contributed by atoms with Crippen LogP contribution in [0.15, 0.2) is 31.8 Å². The van der Waals surface area contributed by atoms with Crippen molar-refractivity contribution in [2.24, 2.45) is 28.2 Å². The van der Waals surface area contributed by atoms with E-state index in [2.05, 4.69) is 37.7 Å². The molecule has 0 atom stereocenters. The van der Waals surface area contributed by atoms with E-state index >= 15 is 0 Å². The van der Waals surface area contributed by atoms with Crippen LogP contribution in [-0.4, -0.2) is 98.7 Å². The molecule has 0 saturated carbocycles. The van der Waals surface area contributed by atoms with Crippen LogP contribution in [0.1, 0.15) is 40.5 Å². The van der Waals surface area contributed by atoms with Crippen LogP contribution >= 0.6 is 0 Å². The van der Waals surface area contributed by atoms with Gasteiger partial charge in [-0.25, -0.2) is 19.6 Å². The molecule has 258 valence electrons. The average molecular weight is 775 g/mol. The summed E-state index contributed by atoms with van der Waals surface area (Å²) in [7, 11) is 6.31. The fourth-order valence-corrected chi connectivity index (χ4v) is 6.60. The smallest absolute Gasteiger partial charge is 0.332 e. The number of hydrogen-bond donors (Lipinski definition) is 0. The van der Waals surface area contributed by atoms with Crippen molar-refractivity contribution in [3.05, 3.63) is 54.3 Å². The van der Waals surface area contributed by atoms with Gasteiger partial charge in [0.05, 0.1) is 78.1 Å². The number of halogens is 2. The lowest BCUT2D eigenvalue weighted by molar-refractivity contribution is -0.931. The third kappa shape index (κ3) is 7.19. The molecule has 0 bridgehead atoms. The summed E-state index contributed by atoms with van der Waals surface area (Å²) in [5.74, 6) is 0. The van der Waals surface area contributed by atoms with Gasteiger partial charge in [-0.1, -0.05) is 0 Å². The lowest BCUT2D eigenvalue weighted by Gasteiger charge is -2.39. The quantitative estimate of drug-likeness (QED) is 0.0878. The molecule has 4 aromatic rings. The zero-order chi connectivity index (χ0) is 32.4. The molecule has 46 heavy (non-hydrogen) atoms. The first kappa shape index (κ1) is 39.4. The highest BCUT2D eigenvalue weighted by molar-refractivity contribution is 5.70. The Balaban J connectivity index is 0.00000368. The lowest BCUT2D eigenvalue weighted by Crippen LogP contribution is -3.00. The Morgan fingerprint density at radius 1 is 0.543 bits per heavy atom. The van der Waals surface area contributed by atoms with Gasteiger partial charge in [0.15, 0.2) is 22.3 Å². The average Bonchev–Trinajstić information content (AvgIpc) is 3.67. The van der Waals surface area contributed by atoms with Gasteiger partial charge in [-0.2, -0.15) is 0 Å². The molecule has 0 aliphatic carbocycles. The second kappa shape index (κ2) is 15.8. The van der Waals surface area contributed by atoms with Gasteiger partial charge in [-0.15, -0.1) is 0 Å². The van der Waals surface area contributed by atoms with Gasteiger partial charge in [0.1, 0.15) is 0 Å². The van der Waals surface area contributed by atoms with Crippen molar-refractivity contribution in [3.63, 3.8) is 0 Å². The summed E-state index contributed by atoms with van der Waals surface area (Å²) in [6.07, 6.45) is 5.52. The number of likely N-dealkylation sites (N-methyl/N-ethyl adjacent to an activating group) is 2. The largest absolute Gasteiger partial charge is 1.00 e. The van der Waals surface area contributed by atoms with Gasteiger partial charge in [0.25, 0.3) is 11.1 Å². The molecule has 0 aromatic carbocycles. The highest BCUT2D eigenvalue weighted by Gasteiger charge is 2.27. The third-order valence-corrected chi connectivity index (χ3v) is 10.3. The predicted octanol–water partition coefficient (Wildman–Crippen LogP) is -5.62. The molecule has 0 N–H and O–H groups in total. The Labute approximate surface area is 290 Å². The van der Waals surface area contributed by atoms with Crippen molar-refractivity contribution >= 4 is 22.3 Å². The van der Waals surface area contributed by atoms with Crippen LogP contribution in [0, 0.1) is 0 Å². The van der Waals surface area contributed by atoms with Gasteiger partial charge in [-0.05, 0) is 27.7 Å². The molecule has 0 radical (unpaired) electrons. The van der Waals surface area contributed by atoms with E-state index in [-0.39, 0.29) is 56.5 Å². The van der Waals surface area contributed by atoms with Crippen LogP contribution < -0.4 is 56.5 Å². The summed E-state index contributed by atoms with van der Waals surface area (Å²) in [6, 6.07) is 0. The van der Waals surface area contributed by atoms with Gasteiger partial charge < -0.3 is 52.1 Å². The number of nitrogens with zero attached hydrogens (tertiary/aromatic N) is 10. The monoisotopic (exact) mass is 772 g/mol. The highest BCUT2D eigenvalue weighted by atomic mass is 79.9. The minimum absolute atomic E-state index is 0. The number of imidazole rings is 2. The molecule has 4 rings (SSSR count). The number of aromatic nitrogens is 8. The molecule has 0 unspecified atom stereocenters. The molecular weight excluding hydrogens is 724 g/mol. The Bertz CT molecular complexity index is 1740. The summed E-state index contributed by atoms with van der Waals surface area (Å²) in [6.45, 7) is 18.0. The standard InChI is InChI=1S/C30H50N10O4.2BrH/c1-9-39(10-2,19-15-37-21-31-25-23(37)27(41)35(7)29(43)33(25)5)17-13-14-18-40(11-3,12-4)20-16-38-22-32-26-24(38)28(42)36(8)30(44)34(26)6;;/h21-22H,9-20H2,1-8H3;2*1H/q+2;;/p-2. The van der Waals surface area contributed by atoms with E-state index in [4.69, 9.17) is 0 Å². The van der Waals surface area contributed by atoms with Crippen LogP contribution in [0.2, 0.25) is 0 Å². The molecule has 16 heteroatoms. The molecule has 0 spiro atoms. The van der Waals surface area contributed by atoms with Gasteiger partial charge in [-0.3, -0.25) is 27.9 Å². The summed E-state index contributed by atoms with van der Waals surface area (Å²) in [5.41, 5.74) is 0.417. The SMILES string of the molecule is CC[N+](CC)(CCCC[N+](CC)(CC)CCn1cnc2c1c(=O)n(C)c(=O)n2C)CCn1cnc2c1c(=O)n(C)c(=O)n2C.[Br-].[Br-]. The highest BCUT2D eigenvalue weighted by Crippen LogP contribution is 2.16. The van der Waals surface area contributed by atoms with E-state index in [9.17, 15) is 19.2 Å². The van der Waals surface area contributed by atoms with Gasteiger partial charge in [0.2, 0.25) is 0 Å². The van der Waals surface area contributed by atoms with E-state index in [1.807, 2.05) is 9.13 Å². The first-order valence-electron chi connectivity index (χ1n) is 15.8. The molecule has 4 heterocycles. The number of quaternary nitrogens is 2. The fraction of sp³-hybridized carbons (Fsp3) is 0.667. The van der Waals surface area contributed by atoms with Crippen molar-refractivity contribution in [1.82, 2.24) is 37.4 Å². The maximum absolute atomic E-state index is 12.9. The minimum atomic E-state index is -0.372. The summed E-state index contributed by atoms with van der Waals surface area (Å²) in [4.78, 5) is 59.3. The number of fused-ring (bicyclic) bond motifs is 2. The van der Waals surface area contributed by atoms with Crippen molar-refractivity contribution in [3.8, 4) is 0 Å². The van der Waals surface area contributed by atoms with Gasteiger partial charge >= 0.3 is 11.4 Å². The molecule has 0 amide bonds. The van der Waals surface area contributed by atoms with Crippen LogP contribution in [0.3, 0.4) is 0 Å². The number of unbranched alkanes of at least 4 members (excludes halogenated alkanes) is 1. The second-order valence-electron chi connectivity index (χ2n) is 12.2. The molecular formula is C30H50Br2N10O4. The Morgan fingerprint density at radius 3 is 1.17 bits per heavy atom. The topological polar surface area (TPSA) is 124 Å². The number of aryl methyl sites for hydroxylation is 2. The molecule has 0 saturated heterocycles. The molecule has 0 aliphatic rings. The summed E-state index contributed by atoms with van der Waals surface area (Å²) >= 11 is 0. The predicted molar refractivity (Wildman–Crippen MR) is 172 cm³/mol. The van der Waals surface area contributed by atoms with Crippen molar-refractivity contribution in [2.45, 2.75) is 53.6 Å². The maximum atomic E-state index is 12.9. The molecule has 14 nitrogen and oxygen atoms in total. The summed E-state index contributed by atoms with van der Waals surface area (Å²) < 4.78 is 10.8. The second-order valence-corrected chi connectivity index (χ2v) is 12.2.